The van der Waals surface area contributed by atoms with Crippen LogP contribution in [0, 0.1) is 11.8 Å². The van der Waals surface area contributed by atoms with Gasteiger partial charge < -0.3 is 5.73 Å². The molecule has 2 N–H and O–H groups in total. The average molecular weight is 334 g/mol. The topological polar surface area (TPSA) is 63.4 Å². The molecule has 0 spiro atoms. The summed E-state index contributed by atoms with van der Waals surface area (Å²) in [4.78, 5) is -0.689. The van der Waals surface area contributed by atoms with Crippen molar-refractivity contribution in [1.29, 1.82) is 0 Å². The highest BCUT2D eigenvalue weighted by Gasteiger charge is 2.46. The lowest BCUT2D eigenvalue weighted by Gasteiger charge is -2.19. The van der Waals surface area contributed by atoms with Crippen LogP contribution in [0.2, 0.25) is 0 Å². The molecule has 0 radical (unpaired) electrons. The number of nitrogens with two attached hydrogens (primary N) is 1. The smallest absolute Gasteiger partial charge is 0.326 e. The van der Waals surface area contributed by atoms with E-state index in [-0.39, 0.29) is 25.0 Å². The largest absolute Gasteiger partial charge is 0.417 e. The normalized spacial score (nSPS) is 27.3. The van der Waals surface area contributed by atoms with Crippen molar-refractivity contribution >= 4 is 10.0 Å². The molecular weight excluding hydrogens is 317 g/mol. The number of nitrogens with zero attached hydrogens (tertiary/aromatic N) is 1. The highest BCUT2D eigenvalue weighted by atomic mass is 32.2. The van der Waals surface area contributed by atoms with E-state index in [1.807, 2.05) is 0 Å². The highest BCUT2D eigenvalue weighted by molar-refractivity contribution is 7.89. The van der Waals surface area contributed by atoms with Crippen LogP contribution in [0.3, 0.4) is 0 Å². The fourth-order valence-electron chi connectivity index (χ4n) is 3.10. The third kappa shape index (κ3) is 2.75. The second-order valence-corrected chi connectivity index (χ2v) is 7.89. The van der Waals surface area contributed by atoms with Crippen LogP contribution < -0.4 is 5.73 Å². The first-order valence-electron chi connectivity index (χ1n) is 7.13. The molecule has 0 bridgehead atoms. The molecule has 1 aromatic rings. The van der Waals surface area contributed by atoms with Gasteiger partial charge in [0.2, 0.25) is 10.0 Å². The number of hydrogen-bond donors (Lipinski definition) is 1. The summed E-state index contributed by atoms with van der Waals surface area (Å²) < 4.78 is 65.5. The summed E-state index contributed by atoms with van der Waals surface area (Å²) in [5.41, 5.74) is 4.85. The molecule has 1 aromatic carbocycles. The van der Waals surface area contributed by atoms with Gasteiger partial charge in [0.05, 0.1) is 10.5 Å². The van der Waals surface area contributed by atoms with Crippen LogP contribution in [0.5, 0.6) is 0 Å². The Kier molecular flexibility index (Phi) is 3.73. The Balaban J connectivity index is 1.94. The first-order chi connectivity index (χ1) is 10.2. The van der Waals surface area contributed by atoms with Crippen molar-refractivity contribution in [2.75, 3.05) is 13.1 Å². The maximum absolute atomic E-state index is 13.0. The van der Waals surface area contributed by atoms with E-state index in [0.717, 1.165) is 29.3 Å². The lowest BCUT2D eigenvalue weighted by Crippen LogP contribution is -2.33. The minimum atomic E-state index is -4.71. The average Bonchev–Trinajstić information content (AvgIpc) is 3.20. The van der Waals surface area contributed by atoms with Gasteiger partial charge in [-0.05, 0) is 36.8 Å². The van der Waals surface area contributed by atoms with Gasteiger partial charge in [-0.3, -0.25) is 0 Å². The van der Waals surface area contributed by atoms with Crippen molar-refractivity contribution in [1.82, 2.24) is 4.31 Å². The van der Waals surface area contributed by atoms with Crippen LogP contribution in [-0.2, 0) is 16.2 Å². The molecule has 2 aliphatic rings. The Bertz CT molecular complexity index is 671. The van der Waals surface area contributed by atoms with Crippen molar-refractivity contribution in [3.05, 3.63) is 29.8 Å². The molecule has 1 aliphatic heterocycles. The molecule has 0 aromatic heterocycles. The standard InChI is InChI=1S/C14H17F3N2O2S/c15-14(16,17)11-3-1-2-4-13(11)22(20,21)19-7-10(9-5-6-9)12(18)8-19/h1-4,9-10,12H,5-8,18H2/t10-,12+/m0/s1. The van der Waals surface area contributed by atoms with Crippen molar-refractivity contribution in [2.24, 2.45) is 17.6 Å². The van der Waals surface area contributed by atoms with Gasteiger partial charge in [0.25, 0.3) is 0 Å². The molecule has 1 saturated heterocycles. The van der Waals surface area contributed by atoms with E-state index in [2.05, 4.69) is 0 Å². The summed E-state index contributed by atoms with van der Waals surface area (Å²) in [6.45, 7) is 0.288. The molecule has 0 amide bonds. The lowest BCUT2D eigenvalue weighted by molar-refractivity contribution is -0.139. The molecule has 2 fully saturated rings. The Morgan fingerprint density at radius 3 is 2.36 bits per heavy atom. The molecule has 1 heterocycles. The molecule has 122 valence electrons. The molecule has 3 rings (SSSR count). The monoisotopic (exact) mass is 334 g/mol. The third-order valence-electron chi connectivity index (χ3n) is 4.42. The van der Waals surface area contributed by atoms with E-state index >= 15 is 0 Å². The Morgan fingerprint density at radius 2 is 1.77 bits per heavy atom. The fourth-order valence-corrected chi connectivity index (χ4v) is 4.83. The molecular formula is C14H17F3N2O2S. The van der Waals surface area contributed by atoms with Gasteiger partial charge in [-0.1, -0.05) is 12.1 Å². The molecule has 0 unspecified atom stereocenters. The first-order valence-corrected chi connectivity index (χ1v) is 8.57. The minimum absolute atomic E-state index is 0.0489. The predicted octanol–water partition coefficient (Wildman–Crippen LogP) is 2.06. The SMILES string of the molecule is N[C@@H]1CN(S(=O)(=O)c2ccccc2C(F)(F)F)C[C@H]1C1CC1. The number of sulfonamides is 1. The Morgan fingerprint density at radius 1 is 1.14 bits per heavy atom. The number of benzene rings is 1. The van der Waals surface area contributed by atoms with Gasteiger partial charge in [0.1, 0.15) is 0 Å². The zero-order chi connectivity index (χ0) is 16.1. The van der Waals surface area contributed by atoms with Gasteiger partial charge in [-0.15, -0.1) is 0 Å². The second-order valence-electron chi connectivity index (χ2n) is 5.98. The molecule has 1 saturated carbocycles. The number of rotatable bonds is 3. The lowest BCUT2D eigenvalue weighted by atomic mass is 9.99. The summed E-state index contributed by atoms with van der Waals surface area (Å²) in [6, 6.07) is 3.98. The van der Waals surface area contributed by atoms with E-state index in [1.54, 1.807) is 0 Å². The van der Waals surface area contributed by atoms with Crippen LogP contribution >= 0.6 is 0 Å². The second kappa shape index (κ2) is 5.21. The summed E-state index contributed by atoms with van der Waals surface area (Å²) >= 11 is 0. The molecule has 8 heteroatoms. The van der Waals surface area contributed by atoms with Crippen LogP contribution in [-0.4, -0.2) is 31.9 Å². The zero-order valence-electron chi connectivity index (χ0n) is 11.8. The van der Waals surface area contributed by atoms with Crippen LogP contribution in [0.4, 0.5) is 13.2 Å². The van der Waals surface area contributed by atoms with Gasteiger partial charge in [0.15, 0.2) is 0 Å². The van der Waals surface area contributed by atoms with Gasteiger partial charge in [-0.25, -0.2) is 8.42 Å². The van der Waals surface area contributed by atoms with Crippen molar-refractivity contribution < 1.29 is 21.6 Å². The van der Waals surface area contributed by atoms with Crippen LogP contribution in [0.15, 0.2) is 29.2 Å². The van der Waals surface area contributed by atoms with Gasteiger partial charge >= 0.3 is 6.18 Å². The minimum Gasteiger partial charge on any atom is -0.326 e. The number of alkyl halides is 3. The fraction of sp³-hybridized carbons (Fsp3) is 0.571. The summed E-state index contributed by atoms with van der Waals surface area (Å²) in [7, 11) is -4.19. The van der Waals surface area contributed by atoms with Crippen molar-refractivity contribution in [3.8, 4) is 0 Å². The van der Waals surface area contributed by atoms with E-state index in [1.165, 1.54) is 12.1 Å². The predicted molar refractivity (Wildman–Crippen MR) is 74.4 cm³/mol. The van der Waals surface area contributed by atoms with Crippen molar-refractivity contribution in [2.45, 2.75) is 30.0 Å². The summed E-state index contributed by atoms with van der Waals surface area (Å²) in [6.07, 6.45) is -2.67. The number of hydrogen-bond acceptors (Lipinski definition) is 3. The van der Waals surface area contributed by atoms with E-state index in [4.69, 9.17) is 5.73 Å². The third-order valence-corrected chi connectivity index (χ3v) is 6.31. The Hall–Kier alpha value is -1.12. The van der Waals surface area contributed by atoms with Crippen LogP contribution in [0.1, 0.15) is 18.4 Å². The van der Waals surface area contributed by atoms with E-state index in [0.29, 0.717) is 5.92 Å². The first kappa shape index (κ1) is 15.8. The number of halogens is 3. The quantitative estimate of drug-likeness (QED) is 0.920. The van der Waals surface area contributed by atoms with Crippen LogP contribution in [0.25, 0.3) is 0 Å². The molecule has 1 aliphatic carbocycles. The molecule has 22 heavy (non-hydrogen) atoms. The maximum Gasteiger partial charge on any atom is 0.417 e. The van der Waals surface area contributed by atoms with E-state index in [9.17, 15) is 21.6 Å². The van der Waals surface area contributed by atoms with Gasteiger partial charge in [-0.2, -0.15) is 17.5 Å². The Labute approximate surface area is 127 Å². The molecule has 2 atom stereocenters. The highest BCUT2D eigenvalue weighted by Crippen LogP contribution is 2.43. The van der Waals surface area contributed by atoms with Gasteiger partial charge in [0, 0.05) is 19.1 Å². The summed E-state index contributed by atoms with van der Waals surface area (Å²) in [5.74, 6) is 0.459. The molecule has 4 nitrogen and oxygen atoms in total. The summed E-state index contributed by atoms with van der Waals surface area (Å²) in [5, 5.41) is 0. The maximum atomic E-state index is 13.0. The zero-order valence-corrected chi connectivity index (χ0v) is 12.6. The van der Waals surface area contributed by atoms with Crippen molar-refractivity contribution in [3.63, 3.8) is 0 Å². The van der Waals surface area contributed by atoms with E-state index < -0.39 is 26.7 Å².